The Hall–Kier alpha value is -2.44. The van der Waals surface area contributed by atoms with Crippen LogP contribution in [0.3, 0.4) is 0 Å². The van der Waals surface area contributed by atoms with Crippen LogP contribution in [-0.2, 0) is 13.0 Å². The number of benzene rings is 2. The van der Waals surface area contributed by atoms with Gasteiger partial charge in [-0.1, -0.05) is 36.7 Å². The molecule has 0 aliphatic rings. The standard InChI is InChI=1S/C19H19ClN4OS/c1-2-5-18-22-23-19(26)24(18)21-12-14-8-10-16(11-9-14)25-13-15-6-3-4-7-17(15)20/h3-4,6-12H,2,5,13H2,1H3,(H,23,26)/b21-12+. The molecule has 0 aliphatic heterocycles. The fourth-order valence-corrected chi connectivity index (χ4v) is 2.77. The smallest absolute Gasteiger partial charge is 0.216 e. The highest BCUT2D eigenvalue weighted by Gasteiger charge is 2.03. The lowest BCUT2D eigenvalue weighted by Gasteiger charge is -2.07. The van der Waals surface area contributed by atoms with Crippen LogP contribution < -0.4 is 4.74 Å². The maximum atomic E-state index is 6.14. The third kappa shape index (κ3) is 4.59. The molecule has 3 rings (SSSR count). The second-order valence-electron chi connectivity index (χ2n) is 5.70. The highest BCUT2D eigenvalue weighted by atomic mass is 35.5. The van der Waals surface area contributed by atoms with Crippen LogP contribution in [0.15, 0.2) is 53.6 Å². The van der Waals surface area contributed by atoms with Crippen LogP contribution in [0.1, 0.15) is 30.3 Å². The van der Waals surface area contributed by atoms with E-state index in [1.165, 1.54) is 0 Å². The number of halogens is 1. The van der Waals surface area contributed by atoms with Crippen LogP contribution in [-0.4, -0.2) is 21.1 Å². The van der Waals surface area contributed by atoms with E-state index in [1.54, 1.807) is 10.9 Å². The van der Waals surface area contributed by atoms with Crippen LogP contribution in [0.5, 0.6) is 5.75 Å². The van der Waals surface area contributed by atoms with Gasteiger partial charge in [0.05, 0.1) is 6.21 Å². The summed E-state index contributed by atoms with van der Waals surface area (Å²) in [6.07, 6.45) is 3.55. The largest absolute Gasteiger partial charge is 0.489 e. The van der Waals surface area contributed by atoms with Crippen molar-refractivity contribution in [2.24, 2.45) is 5.10 Å². The first-order chi connectivity index (χ1) is 12.7. The van der Waals surface area contributed by atoms with Crippen molar-refractivity contribution in [1.29, 1.82) is 0 Å². The Morgan fingerprint density at radius 3 is 2.73 bits per heavy atom. The minimum absolute atomic E-state index is 0.428. The number of ether oxygens (including phenoxy) is 1. The fraction of sp³-hybridized carbons (Fsp3) is 0.211. The second kappa shape index (κ2) is 8.78. The van der Waals surface area contributed by atoms with Crippen molar-refractivity contribution in [3.05, 3.63) is 75.3 Å². The van der Waals surface area contributed by atoms with Crippen molar-refractivity contribution in [2.75, 3.05) is 0 Å². The maximum Gasteiger partial charge on any atom is 0.216 e. The van der Waals surface area contributed by atoms with Gasteiger partial charge < -0.3 is 4.74 Å². The zero-order valence-corrected chi connectivity index (χ0v) is 15.9. The molecular weight excluding hydrogens is 368 g/mol. The van der Waals surface area contributed by atoms with E-state index < -0.39 is 0 Å². The van der Waals surface area contributed by atoms with E-state index in [2.05, 4.69) is 22.2 Å². The first-order valence-corrected chi connectivity index (χ1v) is 9.13. The number of hydrogen-bond donors (Lipinski definition) is 1. The minimum atomic E-state index is 0.428. The number of aromatic amines is 1. The number of rotatable bonds is 7. The van der Waals surface area contributed by atoms with Gasteiger partial charge >= 0.3 is 0 Å². The molecule has 3 aromatic rings. The van der Waals surface area contributed by atoms with Crippen molar-refractivity contribution < 1.29 is 4.74 Å². The van der Waals surface area contributed by atoms with Gasteiger partial charge in [-0.2, -0.15) is 14.9 Å². The Balaban J connectivity index is 1.65. The lowest BCUT2D eigenvalue weighted by molar-refractivity contribution is 0.306. The predicted octanol–water partition coefficient (Wildman–Crippen LogP) is 5.01. The summed E-state index contributed by atoms with van der Waals surface area (Å²) < 4.78 is 7.93. The van der Waals surface area contributed by atoms with E-state index in [0.717, 1.165) is 35.5 Å². The van der Waals surface area contributed by atoms with Gasteiger partial charge in [0.1, 0.15) is 12.4 Å². The summed E-state index contributed by atoms with van der Waals surface area (Å²) in [4.78, 5) is 0. The summed E-state index contributed by atoms with van der Waals surface area (Å²) in [6.45, 7) is 2.52. The van der Waals surface area contributed by atoms with E-state index in [4.69, 9.17) is 28.6 Å². The monoisotopic (exact) mass is 386 g/mol. The van der Waals surface area contributed by atoms with Crippen LogP contribution in [0.4, 0.5) is 0 Å². The highest BCUT2D eigenvalue weighted by Crippen LogP contribution is 2.18. The molecule has 0 saturated heterocycles. The Bertz CT molecular complexity index is 947. The number of hydrogen-bond acceptors (Lipinski definition) is 4. The zero-order chi connectivity index (χ0) is 18.4. The molecule has 1 N–H and O–H groups in total. The van der Waals surface area contributed by atoms with Crippen LogP contribution in [0.2, 0.25) is 5.02 Å². The summed E-state index contributed by atoms with van der Waals surface area (Å²) in [5.74, 6) is 1.60. The van der Waals surface area contributed by atoms with Crippen LogP contribution in [0, 0.1) is 4.77 Å². The molecule has 0 saturated carbocycles. The molecule has 26 heavy (non-hydrogen) atoms. The van der Waals surface area contributed by atoms with Gasteiger partial charge in [0.15, 0.2) is 5.82 Å². The molecule has 2 aromatic carbocycles. The third-order valence-electron chi connectivity index (χ3n) is 3.75. The van der Waals surface area contributed by atoms with Gasteiger partial charge in [-0.25, -0.2) is 0 Å². The number of aryl methyl sites for hydroxylation is 1. The molecule has 0 fully saturated rings. The quantitative estimate of drug-likeness (QED) is 0.458. The molecule has 0 spiro atoms. The summed E-state index contributed by atoms with van der Waals surface area (Å²) in [7, 11) is 0. The molecule has 134 valence electrons. The molecular formula is C19H19ClN4OS. The molecule has 0 unspecified atom stereocenters. The molecule has 0 atom stereocenters. The summed E-state index contributed by atoms with van der Waals surface area (Å²) >= 11 is 11.4. The van der Waals surface area contributed by atoms with Gasteiger partial charge in [0.25, 0.3) is 0 Å². The lowest BCUT2D eigenvalue weighted by atomic mass is 10.2. The summed E-state index contributed by atoms with van der Waals surface area (Å²) in [5.41, 5.74) is 1.90. The number of H-pyrrole nitrogens is 1. The van der Waals surface area contributed by atoms with Crippen molar-refractivity contribution in [2.45, 2.75) is 26.4 Å². The number of nitrogens with zero attached hydrogens (tertiary/aromatic N) is 3. The molecule has 0 aliphatic carbocycles. The zero-order valence-electron chi connectivity index (χ0n) is 14.4. The minimum Gasteiger partial charge on any atom is -0.489 e. The third-order valence-corrected chi connectivity index (χ3v) is 4.38. The summed E-state index contributed by atoms with van der Waals surface area (Å²) in [6, 6.07) is 15.3. The van der Waals surface area contributed by atoms with Crippen LogP contribution >= 0.6 is 23.8 Å². The predicted molar refractivity (Wildman–Crippen MR) is 107 cm³/mol. The molecule has 0 amide bonds. The molecule has 0 radical (unpaired) electrons. The van der Waals surface area contributed by atoms with E-state index in [1.807, 2.05) is 48.5 Å². The summed E-state index contributed by atoms with van der Waals surface area (Å²) in [5, 5.41) is 12.1. The molecule has 1 heterocycles. The average Bonchev–Trinajstić information content (AvgIpc) is 3.00. The highest BCUT2D eigenvalue weighted by molar-refractivity contribution is 7.71. The first kappa shape index (κ1) is 18.4. The van der Waals surface area contributed by atoms with Gasteiger partial charge in [-0.3, -0.25) is 5.10 Å². The van der Waals surface area contributed by atoms with Gasteiger partial charge in [0.2, 0.25) is 4.77 Å². The van der Waals surface area contributed by atoms with Crippen molar-refractivity contribution in [3.8, 4) is 5.75 Å². The average molecular weight is 387 g/mol. The van der Waals surface area contributed by atoms with Gasteiger partial charge in [-0.15, -0.1) is 0 Å². The second-order valence-corrected chi connectivity index (χ2v) is 6.49. The fourth-order valence-electron chi connectivity index (χ4n) is 2.38. The normalized spacial score (nSPS) is 11.2. The Morgan fingerprint density at radius 2 is 2.00 bits per heavy atom. The molecule has 5 nitrogen and oxygen atoms in total. The van der Waals surface area contributed by atoms with Crippen molar-refractivity contribution >= 4 is 30.0 Å². The topological polar surface area (TPSA) is 55.2 Å². The first-order valence-electron chi connectivity index (χ1n) is 8.34. The maximum absolute atomic E-state index is 6.14. The molecule has 1 aromatic heterocycles. The molecule has 0 bridgehead atoms. The SMILES string of the molecule is CCCc1n[nH]c(=S)n1/N=C/c1ccc(OCc2ccccc2Cl)cc1. The van der Waals surface area contributed by atoms with E-state index >= 15 is 0 Å². The number of nitrogens with one attached hydrogen (secondary N) is 1. The van der Waals surface area contributed by atoms with E-state index in [-0.39, 0.29) is 0 Å². The van der Waals surface area contributed by atoms with E-state index in [0.29, 0.717) is 16.4 Å². The van der Waals surface area contributed by atoms with Crippen molar-refractivity contribution in [3.63, 3.8) is 0 Å². The van der Waals surface area contributed by atoms with Crippen molar-refractivity contribution in [1.82, 2.24) is 14.9 Å². The lowest BCUT2D eigenvalue weighted by Crippen LogP contribution is -1.99. The Morgan fingerprint density at radius 1 is 1.23 bits per heavy atom. The van der Waals surface area contributed by atoms with Gasteiger partial charge in [0, 0.05) is 17.0 Å². The van der Waals surface area contributed by atoms with Crippen LogP contribution in [0.25, 0.3) is 0 Å². The Labute approximate surface area is 162 Å². The number of aromatic nitrogens is 3. The Kier molecular flexibility index (Phi) is 6.20. The molecule has 7 heteroatoms. The van der Waals surface area contributed by atoms with Gasteiger partial charge in [-0.05, 0) is 54.5 Å². The van der Waals surface area contributed by atoms with E-state index in [9.17, 15) is 0 Å².